The topological polar surface area (TPSA) is 84.7 Å². The molecule has 0 radical (unpaired) electrons. The first-order valence-electron chi connectivity index (χ1n) is 10.6. The Labute approximate surface area is 196 Å². The molecule has 0 unspecified atom stereocenters. The standard InChI is InChI=1S/C28H20N2O4/c31-23-9-1-19(2-10-23)21-5-13-25(14-6-21)33-27-17-28(30-18-29-27)34-26-15-7-22(8-16-26)20-3-11-24(32)12-4-20/h1-18,31-32H. The molecule has 0 saturated heterocycles. The zero-order chi connectivity index (χ0) is 23.3. The fraction of sp³-hybridized carbons (Fsp3) is 0. The summed E-state index contributed by atoms with van der Waals surface area (Å²) in [5, 5.41) is 18.9. The number of nitrogens with zero attached hydrogens (tertiary/aromatic N) is 2. The van der Waals surface area contributed by atoms with Gasteiger partial charge in [0.25, 0.3) is 0 Å². The number of phenols is 2. The molecule has 5 aromatic rings. The van der Waals surface area contributed by atoms with E-state index in [1.807, 2.05) is 72.8 Å². The third-order valence-corrected chi connectivity index (χ3v) is 5.17. The smallest absolute Gasteiger partial charge is 0.226 e. The molecule has 6 nitrogen and oxygen atoms in total. The predicted molar refractivity (Wildman–Crippen MR) is 129 cm³/mol. The van der Waals surface area contributed by atoms with Gasteiger partial charge in [0, 0.05) is 0 Å². The van der Waals surface area contributed by atoms with Crippen LogP contribution in [0.1, 0.15) is 0 Å². The molecule has 4 aromatic carbocycles. The highest BCUT2D eigenvalue weighted by Crippen LogP contribution is 2.29. The van der Waals surface area contributed by atoms with Gasteiger partial charge >= 0.3 is 0 Å². The Bertz CT molecular complexity index is 1280. The van der Waals surface area contributed by atoms with Gasteiger partial charge in [-0.1, -0.05) is 48.5 Å². The second kappa shape index (κ2) is 9.34. The number of phenolic OH excluding ortho intramolecular Hbond substituents is 2. The lowest BCUT2D eigenvalue weighted by Gasteiger charge is -2.09. The van der Waals surface area contributed by atoms with Crippen LogP contribution < -0.4 is 9.47 Å². The van der Waals surface area contributed by atoms with Crippen molar-refractivity contribution in [3.05, 3.63) is 109 Å². The monoisotopic (exact) mass is 448 g/mol. The molecule has 0 atom stereocenters. The lowest BCUT2D eigenvalue weighted by molar-refractivity contribution is 0.433. The van der Waals surface area contributed by atoms with E-state index in [4.69, 9.17) is 9.47 Å². The maximum atomic E-state index is 9.45. The molecule has 0 aliphatic rings. The minimum absolute atomic E-state index is 0.235. The molecule has 1 aromatic heterocycles. The van der Waals surface area contributed by atoms with E-state index in [-0.39, 0.29) is 11.5 Å². The van der Waals surface area contributed by atoms with E-state index in [1.165, 1.54) is 6.33 Å². The van der Waals surface area contributed by atoms with Crippen LogP contribution in [0.4, 0.5) is 0 Å². The molecule has 2 N–H and O–H groups in total. The van der Waals surface area contributed by atoms with Crippen LogP contribution in [0.25, 0.3) is 22.3 Å². The van der Waals surface area contributed by atoms with Gasteiger partial charge in [0.15, 0.2) is 0 Å². The normalized spacial score (nSPS) is 10.6. The van der Waals surface area contributed by atoms with E-state index in [0.717, 1.165) is 22.3 Å². The lowest BCUT2D eigenvalue weighted by Crippen LogP contribution is -1.93. The number of benzene rings is 4. The Kier molecular flexibility index (Phi) is 5.78. The average molecular weight is 448 g/mol. The molecular formula is C28H20N2O4. The second-order valence-electron chi connectivity index (χ2n) is 7.54. The second-order valence-corrected chi connectivity index (χ2v) is 7.54. The minimum Gasteiger partial charge on any atom is -0.508 e. The molecule has 1 heterocycles. The third kappa shape index (κ3) is 4.97. The van der Waals surface area contributed by atoms with Gasteiger partial charge in [0.05, 0.1) is 6.07 Å². The van der Waals surface area contributed by atoms with Gasteiger partial charge in [-0.05, 0) is 70.8 Å². The van der Waals surface area contributed by atoms with Gasteiger partial charge in [-0.3, -0.25) is 0 Å². The van der Waals surface area contributed by atoms with Crippen molar-refractivity contribution in [1.82, 2.24) is 9.97 Å². The quantitative estimate of drug-likeness (QED) is 0.297. The van der Waals surface area contributed by atoms with E-state index >= 15 is 0 Å². The lowest BCUT2D eigenvalue weighted by atomic mass is 10.1. The molecule has 0 amide bonds. The summed E-state index contributed by atoms with van der Waals surface area (Å²) >= 11 is 0. The van der Waals surface area contributed by atoms with Crippen LogP contribution in [-0.4, -0.2) is 20.2 Å². The number of hydrogen-bond acceptors (Lipinski definition) is 6. The van der Waals surface area contributed by atoms with Gasteiger partial charge in [-0.2, -0.15) is 0 Å². The highest BCUT2D eigenvalue weighted by molar-refractivity contribution is 5.65. The third-order valence-electron chi connectivity index (χ3n) is 5.17. The first-order chi connectivity index (χ1) is 16.6. The van der Waals surface area contributed by atoms with Crippen molar-refractivity contribution >= 4 is 0 Å². The van der Waals surface area contributed by atoms with Crippen molar-refractivity contribution in [3.63, 3.8) is 0 Å². The highest BCUT2D eigenvalue weighted by atomic mass is 16.5. The molecule has 0 aliphatic carbocycles. The molecule has 34 heavy (non-hydrogen) atoms. The molecule has 5 rings (SSSR count). The summed E-state index contributed by atoms with van der Waals surface area (Å²) in [5.74, 6) is 2.46. The minimum atomic E-state index is 0.235. The summed E-state index contributed by atoms with van der Waals surface area (Å²) in [6, 6.07) is 30.9. The van der Waals surface area contributed by atoms with Crippen LogP contribution in [0.5, 0.6) is 34.8 Å². The zero-order valence-electron chi connectivity index (χ0n) is 18.0. The van der Waals surface area contributed by atoms with Crippen LogP contribution in [-0.2, 0) is 0 Å². The fourth-order valence-corrected chi connectivity index (χ4v) is 3.41. The molecule has 0 fully saturated rings. The number of aromatic nitrogens is 2. The summed E-state index contributed by atoms with van der Waals surface area (Å²) in [6.45, 7) is 0. The Hall–Kier alpha value is -4.84. The van der Waals surface area contributed by atoms with Crippen LogP contribution >= 0.6 is 0 Å². The van der Waals surface area contributed by atoms with Gasteiger partial charge in [-0.25, -0.2) is 9.97 Å². The van der Waals surface area contributed by atoms with Crippen molar-refractivity contribution in [2.24, 2.45) is 0 Å². The van der Waals surface area contributed by atoms with Gasteiger partial charge in [0.1, 0.15) is 29.3 Å². The zero-order valence-corrected chi connectivity index (χ0v) is 18.0. The van der Waals surface area contributed by atoms with E-state index in [2.05, 4.69) is 9.97 Å². The molecule has 166 valence electrons. The molecule has 0 saturated carbocycles. The summed E-state index contributed by atoms with van der Waals surface area (Å²) in [6.07, 6.45) is 1.39. The predicted octanol–water partition coefficient (Wildman–Crippen LogP) is 6.81. The summed E-state index contributed by atoms with van der Waals surface area (Å²) in [4.78, 5) is 8.33. The first kappa shape index (κ1) is 21.0. The highest BCUT2D eigenvalue weighted by Gasteiger charge is 2.06. The van der Waals surface area contributed by atoms with Crippen molar-refractivity contribution in [2.45, 2.75) is 0 Å². The number of rotatable bonds is 6. The van der Waals surface area contributed by atoms with Crippen molar-refractivity contribution in [1.29, 1.82) is 0 Å². The van der Waals surface area contributed by atoms with Crippen molar-refractivity contribution in [2.75, 3.05) is 0 Å². The van der Waals surface area contributed by atoms with Crippen LogP contribution in [0, 0.1) is 0 Å². The molecular weight excluding hydrogens is 428 g/mol. The Balaban J connectivity index is 1.25. The maximum Gasteiger partial charge on any atom is 0.226 e. The summed E-state index contributed by atoms with van der Waals surface area (Å²) in [5.41, 5.74) is 4.02. The Morgan fingerprint density at radius 3 is 1.12 bits per heavy atom. The summed E-state index contributed by atoms with van der Waals surface area (Å²) < 4.78 is 11.7. The van der Waals surface area contributed by atoms with Crippen LogP contribution in [0.2, 0.25) is 0 Å². The number of hydrogen-bond donors (Lipinski definition) is 2. The largest absolute Gasteiger partial charge is 0.508 e. The van der Waals surface area contributed by atoms with E-state index in [0.29, 0.717) is 23.3 Å². The fourth-order valence-electron chi connectivity index (χ4n) is 3.41. The first-order valence-corrected chi connectivity index (χ1v) is 10.6. The van der Waals surface area contributed by atoms with E-state index in [9.17, 15) is 10.2 Å². The molecule has 6 heteroatoms. The number of ether oxygens (including phenoxy) is 2. The molecule has 0 spiro atoms. The van der Waals surface area contributed by atoms with Crippen molar-refractivity contribution < 1.29 is 19.7 Å². The van der Waals surface area contributed by atoms with Crippen molar-refractivity contribution in [3.8, 4) is 57.0 Å². The van der Waals surface area contributed by atoms with Gasteiger partial charge < -0.3 is 19.7 Å². The van der Waals surface area contributed by atoms with E-state index in [1.54, 1.807) is 30.3 Å². The van der Waals surface area contributed by atoms with Crippen LogP contribution in [0.3, 0.4) is 0 Å². The molecule has 0 aliphatic heterocycles. The van der Waals surface area contributed by atoms with Gasteiger partial charge in [0.2, 0.25) is 11.8 Å². The average Bonchev–Trinajstić information content (AvgIpc) is 2.86. The summed E-state index contributed by atoms with van der Waals surface area (Å²) in [7, 11) is 0. The molecule has 0 bridgehead atoms. The SMILES string of the molecule is Oc1ccc(-c2ccc(Oc3cc(Oc4ccc(-c5ccc(O)cc5)cc4)ncn3)cc2)cc1. The van der Waals surface area contributed by atoms with E-state index < -0.39 is 0 Å². The Morgan fingerprint density at radius 1 is 0.441 bits per heavy atom. The number of aromatic hydroxyl groups is 2. The van der Waals surface area contributed by atoms with Crippen LogP contribution in [0.15, 0.2) is 109 Å². The van der Waals surface area contributed by atoms with Gasteiger partial charge in [-0.15, -0.1) is 0 Å². The maximum absolute atomic E-state index is 9.45. The Morgan fingerprint density at radius 2 is 0.765 bits per heavy atom.